The number of rotatable bonds is 4. The Morgan fingerprint density at radius 1 is 1.20 bits per heavy atom. The lowest BCUT2D eigenvalue weighted by Gasteiger charge is -2.21. The first-order valence-electron chi connectivity index (χ1n) is 9.45. The Labute approximate surface area is 173 Å². The first-order valence-corrected chi connectivity index (χ1v) is 10.3. The Balaban J connectivity index is 1.44. The van der Waals surface area contributed by atoms with Crippen LogP contribution in [0.4, 0.5) is 13.2 Å². The number of likely N-dealkylation sites (N-methyl/N-ethyl adjacent to an activating group) is 1. The fraction of sp³-hybridized carbons (Fsp3) is 0.350. The first kappa shape index (κ1) is 19.4. The van der Waals surface area contributed by atoms with Crippen molar-refractivity contribution in [3.8, 4) is 11.4 Å². The van der Waals surface area contributed by atoms with E-state index in [2.05, 4.69) is 22.0 Å². The van der Waals surface area contributed by atoms with Gasteiger partial charge in [-0.15, -0.1) is 16.4 Å². The molecule has 4 heterocycles. The lowest BCUT2D eigenvalue weighted by molar-refractivity contribution is -0.176. The average molecular weight is 433 g/mol. The molecule has 0 N–H and O–H groups in total. The summed E-state index contributed by atoms with van der Waals surface area (Å²) >= 11 is 1.71. The normalized spacial score (nSPS) is 15.2. The van der Waals surface area contributed by atoms with E-state index in [1.54, 1.807) is 46.4 Å². The van der Waals surface area contributed by atoms with Gasteiger partial charge in [0.25, 0.3) is 0 Å². The molecule has 3 aromatic heterocycles. The number of fused-ring (bicyclic) bond motifs is 5. The van der Waals surface area contributed by atoms with Gasteiger partial charge in [-0.05, 0) is 24.6 Å². The predicted molar refractivity (Wildman–Crippen MR) is 107 cm³/mol. The highest BCUT2D eigenvalue weighted by Crippen LogP contribution is 2.36. The summed E-state index contributed by atoms with van der Waals surface area (Å²) in [5, 5.41) is 5.63. The molecule has 1 aliphatic rings. The zero-order chi connectivity index (χ0) is 20.9. The van der Waals surface area contributed by atoms with Crippen LogP contribution >= 0.6 is 11.3 Å². The highest BCUT2D eigenvalue weighted by atomic mass is 32.1. The van der Waals surface area contributed by atoms with Gasteiger partial charge in [-0.1, -0.05) is 24.3 Å². The third-order valence-corrected chi connectivity index (χ3v) is 6.24. The van der Waals surface area contributed by atoms with Gasteiger partial charge < -0.3 is 9.64 Å². The second-order valence-corrected chi connectivity index (χ2v) is 8.51. The number of hydrogen-bond acceptors (Lipinski definition) is 6. The molecule has 10 heteroatoms. The third kappa shape index (κ3) is 3.66. The van der Waals surface area contributed by atoms with Crippen LogP contribution < -0.4 is 0 Å². The van der Waals surface area contributed by atoms with E-state index >= 15 is 0 Å². The predicted octanol–water partition coefficient (Wildman–Crippen LogP) is 4.07. The van der Waals surface area contributed by atoms with Gasteiger partial charge in [0.05, 0.1) is 12.0 Å². The van der Waals surface area contributed by atoms with Crippen molar-refractivity contribution < 1.29 is 17.9 Å². The van der Waals surface area contributed by atoms with Gasteiger partial charge in [0, 0.05) is 23.5 Å². The minimum atomic E-state index is -4.32. The van der Waals surface area contributed by atoms with Crippen LogP contribution in [0.15, 0.2) is 30.6 Å². The zero-order valence-electron chi connectivity index (χ0n) is 16.1. The molecule has 0 radical (unpaired) electrons. The Hall–Kier alpha value is -2.56. The molecule has 0 saturated carbocycles. The maximum Gasteiger partial charge on any atom is 0.411 e. The van der Waals surface area contributed by atoms with Crippen molar-refractivity contribution in [1.29, 1.82) is 0 Å². The topological polar surface area (TPSA) is 55.6 Å². The van der Waals surface area contributed by atoms with E-state index in [4.69, 9.17) is 9.72 Å². The van der Waals surface area contributed by atoms with Gasteiger partial charge in [0.2, 0.25) is 0 Å². The van der Waals surface area contributed by atoms with Crippen molar-refractivity contribution in [2.24, 2.45) is 0 Å². The van der Waals surface area contributed by atoms with Crippen molar-refractivity contribution in [3.63, 3.8) is 0 Å². The number of ether oxygens (including phenoxy) is 1. The third-order valence-electron chi connectivity index (χ3n) is 5.11. The Bertz CT molecular complexity index is 1220. The van der Waals surface area contributed by atoms with Crippen LogP contribution in [0.25, 0.3) is 27.3 Å². The summed E-state index contributed by atoms with van der Waals surface area (Å²) in [6.07, 6.45) is -1.68. The maximum atomic E-state index is 12.2. The van der Waals surface area contributed by atoms with E-state index in [0.717, 1.165) is 40.9 Å². The molecule has 5 rings (SSSR count). The van der Waals surface area contributed by atoms with E-state index < -0.39 is 12.8 Å². The van der Waals surface area contributed by atoms with Crippen molar-refractivity contribution in [1.82, 2.24) is 24.5 Å². The van der Waals surface area contributed by atoms with Crippen molar-refractivity contribution in [2.75, 3.05) is 20.2 Å². The number of benzene rings is 1. The van der Waals surface area contributed by atoms with Crippen molar-refractivity contribution >= 4 is 27.2 Å². The van der Waals surface area contributed by atoms with Crippen LogP contribution in [-0.2, 0) is 24.3 Å². The number of thiophene rings is 1. The Kier molecular flexibility index (Phi) is 4.72. The summed E-state index contributed by atoms with van der Waals surface area (Å²) in [4.78, 5) is 13.9. The zero-order valence-corrected chi connectivity index (χ0v) is 16.9. The molecule has 0 atom stereocenters. The van der Waals surface area contributed by atoms with Crippen LogP contribution in [0.2, 0.25) is 0 Å². The second kappa shape index (κ2) is 7.29. The molecule has 0 fully saturated rings. The monoisotopic (exact) mass is 433 g/mol. The van der Waals surface area contributed by atoms with Crippen LogP contribution in [0.5, 0.6) is 0 Å². The first-order chi connectivity index (χ1) is 14.4. The average Bonchev–Trinajstić information content (AvgIpc) is 3.27. The van der Waals surface area contributed by atoms with Gasteiger partial charge in [-0.2, -0.15) is 13.2 Å². The smallest absolute Gasteiger partial charge is 0.367 e. The van der Waals surface area contributed by atoms with E-state index in [9.17, 15) is 13.2 Å². The SMILES string of the molecule is CN1CCc2c(sc3ncn4nc(-c5ccc(COCC(F)(F)F)cc5)nc4c23)C1. The van der Waals surface area contributed by atoms with Gasteiger partial charge in [-0.3, -0.25) is 0 Å². The number of alkyl halides is 3. The molecule has 0 unspecified atom stereocenters. The van der Waals surface area contributed by atoms with E-state index in [0.29, 0.717) is 11.4 Å². The summed E-state index contributed by atoms with van der Waals surface area (Å²) in [7, 11) is 2.11. The molecule has 0 amide bonds. The largest absolute Gasteiger partial charge is 0.411 e. The fourth-order valence-electron chi connectivity index (χ4n) is 3.68. The summed E-state index contributed by atoms with van der Waals surface area (Å²) in [6, 6.07) is 7.05. The number of hydrogen-bond donors (Lipinski definition) is 0. The van der Waals surface area contributed by atoms with Crippen LogP contribution in [0.3, 0.4) is 0 Å². The second-order valence-electron chi connectivity index (χ2n) is 7.42. The van der Waals surface area contributed by atoms with Gasteiger partial charge in [0.1, 0.15) is 17.8 Å². The number of halogens is 3. The summed E-state index contributed by atoms with van der Waals surface area (Å²) in [6.45, 7) is 0.561. The molecule has 1 aliphatic heterocycles. The highest BCUT2D eigenvalue weighted by molar-refractivity contribution is 7.19. The minimum Gasteiger partial charge on any atom is -0.367 e. The molecule has 0 bridgehead atoms. The number of nitrogens with zero attached hydrogens (tertiary/aromatic N) is 5. The van der Waals surface area contributed by atoms with Crippen LogP contribution in [0, 0.1) is 0 Å². The molecule has 4 aromatic rings. The highest BCUT2D eigenvalue weighted by Gasteiger charge is 2.27. The van der Waals surface area contributed by atoms with Gasteiger partial charge >= 0.3 is 6.18 Å². The van der Waals surface area contributed by atoms with Crippen molar-refractivity contribution in [2.45, 2.75) is 25.7 Å². The molecule has 30 heavy (non-hydrogen) atoms. The standard InChI is InChI=1S/C20H18F3N5OS/c1-27-7-6-14-15(8-27)30-19-16(14)18-25-17(26-28(18)11-24-19)13-4-2-12(3-5-13)9-29-10-20(21,22)23/h2-5,11H,6-10H2,1H3. The molecular weight excluding hydrogens is 415 g/mol. The molecule has 0 spiro atoms. The van der Waals surface area contributed by atoms with Gasteiger partial charge in [0.15, 0.2) is 11.5 Å². The summed E-state index contributed by atoms with van der Waals surface area (Å²) in [5.41, 5.74) is 3.54. The lowest BCUT2D eigenvalue weighted by Crippen LogP contribution is -2.25. The molecule has 6 nitrogen and oxygen atoms in total. The minimum absolute atomic E-state index is 0.0988. The van der Waals surface area contributed by atoms with Gasteiger partial charge in [-0.25, -0.2) is 14.5 Å². The van der Waals surface area contributed by atoms with Crippen LogP contribution in [-0.4, -0.2) is 50.9 Å². The molecular formula is C20H18F3N5OS. The lowest BCUT2D eigenvalue weighted by atomic mass is 10.1. The summed E-state index contributed by atoms with van der Waals surface area (Å²) in [5.74, 6) is 0.555. The van der Waals surface area contributed by atoms with Crippen molar-refractivity contribution in [3.05, 3.63) is 46.6 Å². The molecule has 1 aromatic carbocycles. The van der Waals surface area contributed by atoms with E-state index in [1.165, 1.54) is 10.4 Å². The maximum absolute atomic E-state index is 12.2. The van der Waals surface area contributed by atoms with Crippen LogP contribution in [0.1, 0.15) is 16.0 Å². The van der Waals surface area contributed by atoms with E-state index in [1.807, 2.05) is 0 Å². The van der Waals surface area contributed by atoms with E-state index in [-0.39, 0.29) is 6.61 Å². The fourth-order valence-corrected chi connectivity index (χ4v) is 4.94. The molecule has 156 valence electrons. The summed E-state index contributed by atoms with van der Waals surface area (Å²) < 4.78 is 43.0. The molecule has 0 aliphatic carbocycles. The quantitative estimate of drug-likeness (QED) is 0.486. The number of aromatic nitrogens is 4. The Morgan fingerprint density at radius 3 is 2.77 bits per heavy atom. The Morgan fingerprint density at radius 2 is 2.00 bits per heavy atom. The molecule has 0 saturated heterocycles.